The Kier molecular flexibility index (Phi) is 4.44. The molecule has 23 heavy (non-hydrogen) atoms. The molecule has 1 amide bonds. The van der Waals surface area contributed by atoms with Gasteiger partial charge in [-0.1, -0.05) is 0 Å². The molecule has 0 unspecified atom stereocenters. The zero-order valence-electron chi connectivity index (χ0n) is 13.0. The molecule has 3 rings (SSSR count). The summed E-state index contributed by atoms with van der Waals surface area (Å²) in [5.74, 6) is 0.494. The third kappa shape index (κ3) is 3.43. The first kappa shape index (κ1) is 15.7. The Hall–Kier alpha value is -2.19. The van der Waals surface area contributed by atoms with Gasteiger partial charge in [-0.2, -0.15) is 0 Å². The smallest absolute Gasteiger partial charge is 0.265 e. The summed E-state index contributed by atoms with van der Waals surface area (Å²) < 4.78 is 0. The van der Waals surface area contributed by atoms with Crippen molar-refractivity contribution >= 4 is 28.6 Å². The first-order chi connectivity index (χ1) is 11.0. The Bertz CT molecular complexity index is 828. The average molecular weight is 345 g/mol. The van der Waals surface area contributed by atoms with Crippen molar-refractivity contribution in [2.75, 3.05) is 7.05 Å². The van der Waals surface area contributed by atoms with E-state index in [1.165, 1.54) is 11.3 Å². The molecular weight excluding hydrogens is 330 g/mol. The Morgan fingerprint density at radius 3 is 2.57 bits per heavy atom. The number of rotatable bonds is 4. The molecule has 0 aliphatic heterocycles. The van der Waals surface area contributed by atoms with E-state index in [4.69, 9.17) is 0 Å². The van der Waals surface area contributed by atoms with Gasteiger partial charge >= 0.3 is 0 Å². The summed E-state index contributed by atoms with van der Waals surface area (Å²) in [4.78, 5) is 33.0. The van der Waals surface area contributed by atoms with Crippen LogP contribution in [-0.4, -0.2) is 37.8 Å². The highest BCUT2D eigenvalue weighted by atomic mass is 32.1. The molecule has 8 heteroatoms. The largest absolute Gasteiger partial charge is 0.336 e. The maximum absolute atomic E-state index is 12.7. The molecule has 0 atom stereocenters. The number of carbonyl (C=O) groups excluding carboxylic acids is 1. The summed E-state index contributed by atoms with van der Waals surface area (Å²) >= 11 is 2.92. The molecular formula is C15H15N5OS2. The fourth-order valence-electron chi connectivity index (χ4n) is 2.06. The summed E-state index contributed by atoms with van der Waals surface area (Å²) in [5, 5.41) is 1.66. The summed E-state index contributed by atoms with van der Waals surface area (Å²) in [6.45, 7) is 4.33. The summed E-state index contributed by atoms with van der Waals surface area (Å²) in [7, 11) is 1.79. The molecule has 3 aromatic rings. The number of hydrogen-bond donors (Lipinski definition) is 0. The molecule has 0 N–H and O–H groups in total. The van der Waals surface area contributed by atoms with Crippen LogP contribution >= 0.6 is 22.7 Å². The van der Waals surface area contributed by atoms with Crippen molar-refractivity contribution < 1.29 is 4.79 Å². The second kappa shape index (κ2) is 6.51. The van der Waals surface area contributed by atoms with E-state index >= 15 is 0 Å². The van der Waals surface area contributed by atoms with Crippen molar-refractivity contribution in [1.82, 2.24) is 24.8 Å². The van der Waals surface area contributed by atoms with E-state index in [0.29, 0.717) is 27.9 Å². The van der Waals surface area contributed by atoms with Gasteiger partial charge in [0.1, 0.15) is 4.88 Å². The second-order valence-electron chi connectivity index (χ2n) is 5.01. The van der Waals surface area contributed by atoms with E-state index in [1.807, 2.05) is 20.0 Å². The Labute approximate surface area is 141 Å². The first-order valence-corrected chi connectivity index (χ1v) is 8.59. The van der Waals surface area contributed by atoms with Crippen molar-refractivity contribution in [3.63, 3.8) is 0 Å². The number of thiazole rings is 2. The lowest BCUT2D eigenvalue weighted by Gasteiger charge is -2.15. The fourth-order valence-corrected chi connectivity index (χ4v) is 3.91. The van der Waals surface area contributed by atoms with Gasteiger partial charge in [-0.15, -0.1) is 22.7 Å². The van der Waals surface area contributed by atoms with Gasteiger partial charge in [-0.25, -0.2) is 19.9 Å². The summed E-state index contributed by atoms with van der Waals surface area (Å²) in [5.41, 5.74) is 0.704. The summed E-state index contributed by atoms with van der Waals surface area (Å²) in [6.07, 6.45) is 5.14. The zero-order valence-corrected chi connectivity index (χ0v) is 14.6. The maximum atomic E-state index is 12.7. The van der Waals surface area contributed by atoms with E-state index in [0.717, 1.165) is 9.88 Å². The van der Waals surface area contributed by atoms with Crippen LogP contribution in [0.4, 0.5) is 0 Å². The SMILES string of the molecule is Cc1ncc(CN(C)C(=O)c2sc(-c3ncccn3)nc2C)s1. The van der Waals surface area contributed by atoms with Crippen molar-refractivity contribution in [2.24, 2.45) is 0 Å². The van der Waals surface area contributed by atoms with E-state index < -0.39 is 0 Å². The lowest BCUT2D eigenvalue weighted by molar-refractivity contribution is 0.0790. The van der Waals surface area contributed by atoms with Gasteiger partial charge in [0.2, 0.25) is 0 Å². The van der Waals surface area contributed by atoms with Crippen LogP contribution < -0.4 is 0 Å². The molecule has 118 valence electrons. The van der Waals surface area contributed by atoms with Gasteiger partial charge in [0, 0.05) is 30.5 Å². The predicted octanol–water partition coefficient (Wildman–Crippen LogP) is 2.95. The Balaban J connectivity index is 1.81. The fraction of sp³-hybridized carbons (Fsp3) is 0.267. The second-order valence-corrected chi connectivity index (χ2v) is 7.33. The van der Waals surface area contributed by atoms with Crippen molar-refractivity contribution in [2.45, 2.75) is 20.4 Å². The van der Waals surface area contributed by atoms with Crippen LogP contribution in [-0.2, 0) is 6.54 Å². The minimum absolute atomic E-state index is 0.0479. The molecule has 0 aliphatic rings. The zero-order chi connectivity index (χ0) is 16.4. The van der Waals surface area contributed by atoms with Gasteiger partial charge in [0.15, 0.2) is 10.8 Å². The average Bonchev–Trinajstić information content (AvgIpc) is 3.13. The molecule has 0 bridgehead atoms. The van der Waals surface area contributed by atoms with Crippen LogP contribution in [0.1, 0.15) is 25.3 Å². The van der Waals surface area contributed by atoms with E-state index in [2.05, 4.69) is 19.9 Å². The van der Waals surface area contributed by atoms with Crippen LogP contribution in [0.3, 0.4) is 0 Å². The van der Waals surface area contributed by atoms with Crippen LogP contribution in [0, 0.1) is 13.8 Å². The molecule has 0 aliphatic carbocycles. The highest BCUT2D eigenvalue weighted by Gasteiger charge is 2.21. The third-order valence-electron chi connectivity index (χ3n) is 3.16. The maximum Gasteiger partial charge on any atom is 0.265 e. The molecule has 0 aromatic carbocycles. The molecule has 6 nitrogen and oxygen atoms in total. The van der Waals surface area contributed by atoms with Gasteiger partial charge in [-0.3, -0.25) is 4.79 Å². The molecule has 0 spiro atoms. The minimum atomic E-state index is -0.0479. The van der Waals surface area contributed by atoms with E-state index in [9.17, 15) is 4.79 Å². The molecule has 3 aromatic heterocycles. The normalized spacial score (nSPS) is 10.7. The molecule has 0 saturated carbocycles. The van der Waals surface area contributed by atoms with Gasteiger partial charge in [0.05, 0.1) is 17.2 Å². The number of aromatic nitrogens is 4. The highest BCUT2D eigenvalue weighted by molar-refractivity contribution is 7.17. The number of carbonyl (C=O) groups is 1. The van der Waals surface area contributed by atoms with Crippen molar-refractivity contribution in [1.29, 1.82) is 0 Å². The lowest BCUT2D eigenvalue weighted by atomic mass is 10.3. The molecule has 0 radical (unpaired) electrons. The topological polar surface area (TPSA) is 71.9 Å². The highest BCUT2D eigenvalue weighted by Crippen LogP contribution is 2.26. The molecule has 3 heterocycles. The van der Waals surface area contributed by atoms with Gasteiger partial charge in [-0.05, 0) is 19.9 Å². The van der Waals surface area contributed by atoms with Crippen LogP contribution in [0.25, 0.3) is 10.8 Å². The van der Waals surface area contributed by atoms with Gasteiger partial charge < -0.3 is 4.90 Å². The van der Waals surface area contributed by atoms with Crippen LogP contribution in [0.5, 0.6) is 0 Å². The Morgan fingerprint density at radius 2 is 1.91 bits per heavy atom. The number of nitrogens with zero attached hydrogens (tertiary/aromatic N) is 5. The van der Waals surface area contributed by atoms with Crippen LogP contribution in [0.15, 0.2) is 24.7 Å². The number of amides is 1. The first-order valence-electron chi connectivity index (χ1n) is 6.96. The summed E-state index contributed by atoms with van der Waals surface area (Å²) in [6, 6.07) is 1.75. The van der Waals surface area contributed by atoms with Crippen molar-refractivity contribution in [3.8, 4) is 10.8 Å². The molecule has 0 saturated heterocycles. The minimum Gasteiger partial charge on any atom is -0.336 e. The number of hydrogen-bond acceptors (Lipinski definition) is 7. The predicted molar refractivity (Wildman–Crippen MR) is 90.5 cm³/mol. The molecule has 0 fully saturated rings. The van der Waals surface area contributed by atoms with Gasteiger partial charge in [0.25, 0.3) is 5.91 Å². The quantitative estimate of drug-likeness (QED) is 0.727. The Morgan fingerprint density at radius 1 is 1.17 bits per heavy atom. The number of aryl methyl sites for hydroxylation is 2. The monoisotopic (exact) mass is 345 g/mol. The van der Waals surface area contributed by atoms with Crippen molar-refractivity contribution in [3.05, 3.63) is 45.1 Å². The third-order valence-corrected chi connectivity index (χ3v) is 5.20. The lowest BCUT2D eigenvalue weighted by Crippen LogP contribution is -2.25. The van der Waals surface area contributed by atoms with E-state index in [1.54, 1.807) is 41.7 Å². The van der Waals surface area contributed by atoms with E-state index in [-0.39, 0.29) is 5.91 Å². The standard InChI is InChI=1S/C15H15N5OS2/c1-9-12(23-14(19-9)13-16-5-4-6-17-13)15(21)20(3)8-11-7-18-10(2)22-11/h4-7H,8H2,1-3H3. The van der Waals surface area contributed by atoms with Crippen LogP contribution in [0.2, 0.25) is 0 Å².